The van der Waals surface area contributed by atoms with Gasteiger partial charge in [0.25, 0.3) is 5.91 Å². The Morgan fingerprint density at radius 3 is 2.52 bits per heavy atom. The van der Waals surface area contributed by atoms with Gasteiger partial charge in [0.2, 0.25) is 0 Å². The molecule has 0 bridgehead atoms. The predicted molar refractivity (Wildman–Crippen MR) is 105 cm³/mol. The number of ether oxygens (including phenoxy) is 1. The maximum absolute atomic E-state index is 12.3. The number of nitrogens with zero attached hydrogens (tertiary/aromatic N) is 3. The van der Waals surface area contributed by atoms with Gasteiger partial charge in [0.15, 0.2) is 5.69 Å². The minimum atomic E-state index is -0.363. The van der Waals surface area contributed by atoms with Gasteiger partial charge in [0, 0.05) is 11.2 Å². The first-order valence-electron chi connectivity index (χ1n) is 8.32. The van der Waals surface area contributed by atoms with Crippen molar-refractivity contribution in [3.63, 3.8) is 0 Å². The summed E-state index contributed by atoms with van der Waals surface area (Å²) in [7, 11) is 1.61. The molecule has 0 aliphatic rings. The second-order valence-electron chi connectivity index (χ2n) is 5.89. The summed E-state index contributed by atoms with van der Waals surface area (Å²) in [5, 5.41) is 9.11. The van der Waals surface area contributed by atoms with Crippen molar-refractivity contribution >= 4 is 23.2 Å². The Morgan fingerprint density at radius 1 is 1.15 bits per heavy atom. The van der Waals surface area contributed by atoms with Crippen molar-refractivity contribution in [3.05, 3.63) is 82.6 Å². The molecule has 1 heterocycles. The summed E-state index contributed by atoms with van der Waals surface area (Å²) in [6.07, 6.45) is 1.75. The minimum Gasteiger partial charge on any atom is -0.497 e. The molecule has 3 aromatic rings. The summed E-state index contributed by atoms with van der Waals surface area (Å²) in [6.45, 7) is 2.37. The van der Waals surface area contributed by atoms with Crippen LogP contribution in [0.3, 0.4) is 0 Å². The van der Waals surface area contributed by atoms with Crippen molar-refractivity contribution in [2.75, 3.05) is 7.11 Å². The van der Waals surface area contributed by atoms with E-state index >= 15 is 0 Å². The number of carbonyl (C=O) groups is 1. The fourth-order valence-electron chi connectivity index (χ4n) is 2.44. The highest BCUT2D eigenvalue weighted by atomic mass is 35.5. The quantitative estimate of drug-likeness (QED) is 0.521. The summed E-state index contributed by atoms with van der Waals surface area (Å²) in [6, 6.07) is 16.6. The number of hydrazone groups is 1. The fourth-order valence-corrected chi connectivity index (χ4v) is 2.56. The normalized spacial score (nSPS) is 11.3. The summed E-state index contributed by atoms with van der Waals surface area (Å²) in [4.78, 5) is 12.3. The zero-order valence-corrected chi connectivity index (χ0v) is 15.8. The van der Waals surface area contributed by atoms with Crippen LogP contribution in [0, 0.1) is 0 Å². The van der Waals surface area contributed by atoms with Crippen molar-refractivity contribution in [1.29, 1.82) is 0 Å². The number of carbonyl (C=O) groups excluding carboxylic acids is 1. The maximum Gasteiger partial charge on any atom is 0.291 e. The molecule has 138 valence electrons. The summed E-state index contributed by atoms with van der Waals surface area (Å²) in [5.74, 6) is 0.402. The first-order valence-corrected chi connectivity index (χ1v) is 8.70. The molecule has 0 fully saturated rings. The Kier molecular flexibility index (Phi) is 5.88. The summed E-state index contributed by atoms with van der Waals surface area (Å²) in [5.41, 5.74) is 5.46. The molecule has 0 aliphatic heterocycles. The first-order chi connectivity index (χ1) is 13.0. The van der Waals surface area contributed by atoms with Gasteiger partial charge in [-0.25, -0.2) is 5.43 Å². The van der Waals surface area contributed by atoms with Gasteiger partial charge in [0.1, 0.15) is 5.75 Å². The Balaban J connectivity index is 1.62. The van der Waals surface area contributed by atoms with E-state index in [-0.39, 0.29) is 5.91 Å². The van der Waals surface area contributed by atoms with Gasteiger partial charge in [-0.3, -0.25) is 9.48 Å². The number of amides is 1. The molecule has 0 atom stereocenters. The third-order valence-electron chi connectivity index (χ3n) is 3.96. The van der Waals surface area contributed by atoms with Crippen molar-refractivity contribution < 1.29 is 9.53 Å². The third-order valence-corrected chi connectivity index (χ3v) is 4.22. The van der Waals surface area contributed by atoms with E-state index in [9.17, 15) is 4.79 Å². The minimum absolute atomic E-state index is 0.301. The third kappa shape index (κ3) is 4.95. The molecule has 0 aliphatic carbocycles. The second kappa shape index (κ2) is 8.51. The molecular formula is C20H19ClN4O2. The van der Waals surface area contributed by atoms with Crippen molar-refractivity contribution in [2.45, 2.75) is 13.5 Å². The molecule has 0 saturated heterocycles. The predicted octanol–water partition coefficient (Wildman–Crippen LogP) is 3.75. The Labute approximate surface area is 162 Å². The number of hydrogen-bond donors (Lipinski definition) is 1. The van der Waals surface area contributed by atoms with E-state index in [2.05, 4.69) is 15.6 Å². The smallest absolute Gasteiger partial charge is 0.291 e. The molecular weight excluding hydrogens is 364 g/mol. The van der Waals surface area contributed by atoms with Gasteiger partial charge in [0.05, 0.1) is 19.4 Å². The van der Waals surface area contributed by atoms with Gasteiger partial charge in [-0.1, -0.05) is 23.7 Å². The Bertz CT molecular complexity index is 947. The number of aromatic nitrogens is 2. The van der Waals surface area contributed by atoms with Crippen LogP contribution < -0.4 is 10.2 Å². The molecule has 0 spiro atoms. The number of rotatable bonds is 6. The number of halogens is 1. The first kappa shape index (κ1) is 18.7. The van der Waals surface area contributed by atoms with Crippen LogP contribution in [0.2, 0.25) is 5.02 Å². The molecule has 27 heavy (non-hydrogen) atoms. The van der Waals surface area contributed by atoms with E-state index in [4.69, 9.17) is 16.3 Å². The molecule has 7 heteroatoms. The molecule has 0 saturated carbocycles. The summed E-state index contributed by atoms with van der Waals surface area (Å²) < 4.78 is 6.82. The van der Waals surface area contributed by atoms with Crippen LogP contribution >= 0.6 is 11.6 Å². The highest BCUT2D eigenvalue weighted by Crippen LogP contribution is 2.12. The average Bonchev–Trinajstić information content (AvgIpc) is 3.16. The molecule has 1 amide bonds. The van der Waals surface area contributed by atoms with Gasteiger partial charge in [-0.15, -0.1) is 0 Å². The van der Waals surface area contributed by atoms with Gasteiger partial charge in [-0.2, -0.15) is 10.2 Å². The largest absolute Gasteiger partial charge is 0.497 e. The van der Waals surface area contributed by atoms with Crippen LogP contribution in [-0.2, 0) is 6.54 Å². The number of hydrogen-bond acceptors (Lipinski definition) is 4. The number of methoxy groups -OCH3 is 1. The SMILES string of the molecule is COc1ccc(C(C)=NNC(=O)c2ccn(Cc3ccc(Cl)cc3)n2)cc1. The second-order valence-corrected chi connectivity index (χ2v) is 6.33. The van der Waals surface area contributed by atoms with Crippen LogP contribution in [0.1, 0.15) is 28.5 Å². The molecule has 1 N–H and O–H groups in total. The highest BCUT2D eigenvalue weighted by Gasteiger charge is 2.09. The van der Waals surface area contributed by atoms with Crippen molar-refractivity contribution in [1.82, 2.24) is 15.2 Å². The lowest BCUT2D eigenvalue weighted by molar-refractivity contribution is 0.0949. The zero-order chi connectivity index (χ0) is 19.2. The Hall–Kier alpha value is -3.12. The van der Waals surface area contributed by atoms with Crippen molar-refractivity contribution in [2.24, 2.45) is 5.10 Å². The standard InChI is InChI=1S/C20H19ClN4O2/c1-14(16-5-9-18(27-2)10-6-16)22-23-20(26)19-11-12-25(24-19)13-15-3-7-17(21)8-4-15/h3-12H,13H2,1-2H3,(H,23,26). The van der Waals surface area contributed by atoms with E-state index in [1.807, 2.05) is 55.5 Å². The lowest BCUT2D eigenvalue weighted by Gasteiger charge is -2.04. The van der Waals surface area contributed by atoms with Gasteiger partial charge < -0.3 is 4.74 Å². The van der Waals surface area contributed by atoms with Crippen LogP contribution in [0.5, 0.6) is 5.75 Å². The van der Waals surface area contributed by atoms with Crippen LogP contribution in [-0.4, -0.2) is 28.5 Å². The molecule has 6 nitrogen and oxygen atoms in total. The monoisotopic (exact) mass is 382 g/mol. The lowest BCUT2D eigenvalue weighted by Crippen LogP contribution is -2.20. The van der Waals surface area contributed by atoms with E-state index in [1.165, 1.54) is 0 Å². The molecule has 0 radical (unpaired) electrons. The summed E-state index contributed by atoms with van der Waals surface area (Å²) >= 11 is 5.89. The topological polar surface area (TPSA) is 68.5 Å². The number of benzene rings is 2. The Morgan fingerprint density at radius 2 is 1.85 bits per heavy atom. The number of nitrogens with one attached hydrogen (secondary N) is 1. The van der Waals surface area contributed by atoms with Gasteiger partial charge in [-0.05, 0) is 60.5 Å². The van der Waals surface area contributed by atoms with E-state index in [1.54, 1.807) is 24.1 Å². The zero-order valence-electron chi connectivity index (χ0n) is 15.0. The fraction of sp³-hybridized carbons (Fsp3) is 0.150. The van der Waals surface area contributed by atoms with Gasteiger partial charge >= 0.3 is 0 Å². The van der Waals surface area contributed by atoms with Crippen LogP contribution in [0.4, 0.5) is 0 Å². The maximum atomic E-state index is 12.3. The van der Waals surface area contributed by atoms with Crippen molar-refractivity contribution in [3.8, 4) is 5.75 Å². The van der Waals surface area contributed by atoms with E-state index in [0.29, 0.717) is 23.0 Å². The van der Waals surface area contributed by atoms with E-state index in [0.717, 1.165) is 16.9 Å². The molecule has 3 rings (SSSR count). The van der Waals surface area contributed by atoms with Crippen LogP contribution in [0.15, 0.2) is 65.9 Å². The van der Waals surface area contributed by atoms with E-state index < -0.39 is 0 Å². The highest BCUT2D eigenvalue weighted by molar-refractivity contribution is 6.30. The molecule has 2 aromatic carbocycles. The molecule has 1 aromatic heterocycles. The average molecular weight is 383 g/mol. The van der Waals surface area contributed by atoms with Crippen LogP contribution in [0.25, 0.3) is 0 Å². The molecule has 0 unspecified atom stereocenters. The lowest BCUT2D eigenvalue weighted by atomic mass is 10.1.